The third kappa shape index (κ3) is 2.93. The monoisotopic (exact) mass is 339 g/mol. The number of urea groups is 1. The number of carbonyl (C=O) groups excluding carboxylic acids is 2. The number of benzene rings is 1. The molecule has 0 bridgehead atoms. The molecule has 2 aliphatic heterocycles. The summed E-state index contributed by atoms with van der Waals surface area (Å²) in [6.45, 7) is 3.14. The van der Waals surface area contributed by atoms with Crippen molar-refractivity contribution >= 4 is 11.9 Å². The van der Waals surface area contributed by atoms with Crippen LogP contribution in [0.2, 0.25) is 0 Å². The molecule has 0 radical (unpaired) electrons. The molecule has 2 fully saturated rings. The highest BCUT2D eigenvalue weighted by molar-refractivity contribution is 5.99. The Balaban J connectivity index is 1.64. The molecule has 6 heteroatoms. The summed E-state index contributed by atoms with van der Waals surface area (Å²) >= 11 is 0. The van der Waals surface area contributed by atoms with E-state index in [2.05, 4.69) is 34.9 Å². The van der Waals surface area contributed by atoms with Crippen LogP contribution < -0.4 is 10.6 Å². The van der Waals surface area contributed by atoms with Gasteiger partial charge in [-0.3, -0.25) is 15.4 Å². The van der Waals surface area contributed by atoms with Crippen LogP contribution in [-0.2, 0) is 11.3 Å². The van der Waals surface area contributed by atoms with Crippen LogP contribution in [0.5, 0.6) is 0 Å². The van der Waals surface area contributed by atoms with Crippen LogP contribution in [0.15, 0.2) is 47.1 Å². The Bertz CT molecular complexity index is 770. The highest BCUT2D eigenvalue weighted by atomic mass is 16.3. The summed E-state index contributed by atoms with van der Waals surface area (Å²) in [5, 5.41) is 5.88. The molecule has 0 saturated carbocycles. The second kappa shape index (κ2) is 6.37. The Hall–Kier alpha value is -2.60. The van der Waals surface area contributed by atoms with Crippen molar-refractivity contribution in [3.05, 3.63) is 59.5 Å². The van der Waals surface area contributed by atoms with Gasteiger partial charge < -0.3 is 9.32 Å². The predicted octanol–water partition coefficient (Wildman–Crippen LogP) is 2.36. The summed E-state index contributed by atoms with van der Waals surface area (Å²) in [6, 6.07) is 11.6. The largest absolute Gasteiger partial charge is 0.467 e. The van der Waals surface area contributed by atoms with Gasteiger partial charge in [-0.25, -0.2) is 4.79 Å². The van der Waals surface area contributed by atoms with Crippen LogP contribution >= 0.6 is 0 Å². The van der Waals surface area contributed by atoms with Crippen LogP contribution in [0.4, 0.5) is 4.79 Å². The number of nitrogens with one attached hydrogen (secondary N) is 2. The standard InChI is InChI=1S/C19H21N3O3/c1-12-4-6-13(7-5-12)15-8-9-20-17-16(15)18(23)21-19(24)22(17)11-14-3-2-10-25-14/h2-7,10,15-17,20H,8-9,11H2,1H3,(H,21,23,24). The van der Waals surface area contributed by atoms with Crippen molar-refractivity contribution in [2.24, 2.45) is 5.92 Å². The van der Waals surface area contributed by atoms with E-state index in [-0.39, 0.29) is 29.9 Å². The van der Waals surface area contributed by atoms with Crippen LogP contribution in [0.25, 0.3) is 0 Å². The van der Waals surface area contributed by atoms with Crippen LogP contribution in [0.1, 0.15) is 29.2 Å². The van der Waals surface area contributed by atoms with Crippen molar-refractivity contribution in [1.29, 1.82) is 0 Å². The van der Waals surface area contributed by atoms with Gasteiger partial charge in [-0.1, -0.05) is 29.8 Å². The summed E-state index contributed by atoms with van der Waals surface area (Å²) in [7, 11) is 0. The van der Waals surface area contributed by atoms with Crippen molar-refractivity contribution < 1.29 is 14.0 Å². The van der Waals surface area contributed by atoms with Gasteiger partial charge in [0.25, 0.3) is 0 Å². The van der Waals surface area contributed by atoms with Crippen molar-refractivity contribution in [2.75, 3.05) is 6.54 Å². The van der Waals surface area contributed by atoms with E-state index in [1.807, 2.05) is 13.0 Å². The minimum absolute atomic E-state index is 0.0825. The lowest BCUT2D eigenvalue weighted by Gasteiger charge is -2.46. The first-order valence-electron chi connectivity index (χ1n) is 8.57. The number of hydrogen-bond donors (Lipinski definition) is 2. The van der Waals surface area contributed by atoms with E-state index in [9.17, 15) is 9.59 Å². The summed E-state index contributed by atoms with van der Waals surface area (Å²) in [4.78, 5) is 26.7. The minimum atomic E-state index is -0.375. The van der Waals surface area contributed by atoms with E-state index < -0.39 is 0 Å². The van der Waals surface area contributed by atoms with Crippen molar-refractivity contribution in [2.45, 2.75) is 32.0 Å². The third-order valence-electron chi connectivity index (χ3n) is 5.12. The molecular formula is C19H21N3O3. The topological polar surface area (TPSA) is 74.6 Å². The molecule has 130 valence electrons. The fourth-order valence-corrected chi connectivity index (χ4v) is 3.86. The predicted molar refractivity (Wildman–Crippen MR) is 91.6 cm³/mol. The Kier molecular flexibility index (Phi) is 4.05. The number of carbonyl (C=O) groups is 2. The highest BCUT2D eigenvalue weighted by Crippen LogP contribution is 2.37. The molecule has 3 unspecified atom stereocenters. The first kappa shape index (κ1) is 15.9. The molecule has 4 rings (SSSR count). The number of hydrogen-bond acceptors (Lipinski definition) is 4. The molecular weight excluding hydrogens is 318 g/mol. The fraction of sp³-hybridized carbons (Fsp3) is 0.368. The lowest BCUT2D eigenvalue weighted by molar-refractivity contribution is -0.131. The molecule has 1 aromatic heterocycles. The summed E-state index contributed by atoms with van der Waals surface area (Å²) in [5.74, 6) is 0.258. The van der Waals surface area contributed by atoms with E-state index in [0.29, 0.717) is 12.3 Å². The van der Waals surface area contributed by atoms with Gasteiger partial charge in [0.2, 0.25) is 5.91 Å². The number of fused-ring (bicyclic) bond motifs is 1. The van der Waals surface area contributed by atoms with E-state index in [1.165, 1.54) is 5.56 Å². The normalized spacial score (nSPS) is 26.3. The Labute approximate surface area is 146 Å². The first-order chi connectivity index (χ1) is 12.1. The van der Waals surface area contributed by atoms with Gasteiger partial charge in [0.05, 0.1) is 24.9 Å². The van der Waals surface area contributed by atoms with E-state index >= 15 is 0 Å². The smallest absolute Gasteiger partial charge is 0.325 e. The van der Waals surface area contributed by atoms with E-state index in [4.69, 9.17) is 4.42 Å². The fourth-order valence-electron chi connectivity index (χ4n) is 3.86. The van der Waals surface area contributed by atoms with E-state index in [1.54, 1.807) is 17.2 Å². The van der Waals surface area contributed by atoms with E-state index in [0.717, 1.165) is 18.5 Å². The number of aryl methyl sites for hydroxylation is 1. The van der Waals surface area contributed by atoms with Gasteiger partial charge in [-0.2, -0.15) is 0 Å². The van der Waals surface area contributed by atoms with Crippen molar-refractivity contribution in [3.63, 3.8) is 0 Å². The molecule has 3 atom stereocenters. The van der Waals surface area contributed by atoms with Gasteiger partial charge in [0.1, 0.15) is 5.76 Å². The summed E-state index contributed by atoms with van der Waals surface area (Å²) in [5.41, 5.74) is 2.33. The zero-order valence-corrected chi connectivity index (χ0v) is 14.1. The lowest BCUT2D eigenvalue weighted by atomic mass is 9.77. The third-order valence-corrected chi connectivity index (χ3v) is 5.12. The van der Waals surface area contributed by atoms with Gasteiger partial charge >= 0.3 is 6.03 Å². The molecule has 0 spiro atoms. The van der Waals surface area contributed by atoms with Gasteiger partial charge in [-0.15, -0.1) is 0 Å². The zero-order valence-electron chi connectivity index (χ0n) is 14.1. The molecule has 0 aliphatic carbocycles. The maximum absolute atomic E-state index is 12.6. The number of piperidine rings is 1. The Morgan fingerprint density at radius 2 is 2.00 bits per heavy atom. The molecule has 3 heterocycles. The van der Waals surface area contributed by atoms with Gasteiger partial charge in [0.15, 0.2) is 0 Å². The Morgan fingerprint density at radius 3 is 2.72 bits per heavy atom. The molecule has 2 saturated heterocycles. The van der Waals surface area contributed by atoms with Crippen molar-refractivity contribution in [3.8, 4) is 0 Å². The maximum Gasteiger partial charge on any atom is 0.325 e. The molecule has 2 aromatic rings. The van der Waals surface area contributed by atoms with Gasteiger partial charge in [-0.05, 0) is 37.6 Å². The quantitative estimate of drug-likeness (QED) is 0.900. The van der Waals surface area contributed by atoms with Crippen LogP contribution in [0, 0.1) is 12.8 Å². The Morgan fingerprint density at radius 1 is 1.20 bits per heavy atom. The number of imide groups is 1. The second-order valence-electron chi connectivity index (χ2n) is 6.73. The second-order valence-corrected chi connectivity index (χ2v) is 6.73. The molecule has 3 amide bonds. The number of furan rings is 1. The zero-order chi connectivity index (χ0) is 17.4. The van der Waals surface area contributed by atoms with Crippen LogP contribution in [-0.4, -0.2) is 29.5 Å². The molecule has 25 heavy (non-hydrogen) atoms. The number of nitrogens with zero attached hydrogens (tertiary/aromatic N) is 1. The summed E-state index contributed by atoms with van der Waals surface area (Å²) in [6.07, 6.45) is 2.12. The molecule has 2 aliphatic rings. The van der Waals surface area contributed by atoms with Crippen LogP contribution in [0.3, 0.4) is 0 Å². The average molecular weight is 339 g/mol. The number of amides is 3. The average Bonchev–Trinajstić information content (AvgIpc) is 3.12. The molecule has 1 aromatic carbocycles. The number of rotatable bonds is 3. The highest BCUT2D eigenvalue weighted by Gasteiger charge is 2.47. The molecule has 6 nitrogen and oxygen atoms in total. The first-order valence-corrected chi connectivity index (χ1v) is 8.57. The summed E-state index contributed by atoms with van der Waals surface area (Å²) < 4.78 is 5.38. The SMILES string of the molecule is Cc1ccc(C2CCNC3C2C(=O)NC(=O)N3Cc2ccco2)cc1. The lowest BCUT2D eigenvalue weighted by Crippen LogP contribution is -2.67. The minimum Gasteiger partial charge on any atom is -0.467 e. The van der Waals surface area contributed by atoms with Crippen molar-refractivity contribution in [1.82, 2.24) is 15.5 Å². The molecule has 2 N–H and O–H groups in total. The van der Waals surface area contributed by atoms with Gasteiger partial charge in [0, 0.05) is 5.92 Å². The maximum atomic E-state index is 12.6.